The highest BCUT2D eigenvalue weighted by Crippen LogP contribution is 2.34. The maximum absolute atomic E-state index is 13.1. The number of ketones is 1. The number of nitrogens with zero attached hydrogens (tertiary/aromatic N) is 2. The molecule has 4 heterocycles. The van der Waals surface area contributed by atoms with Crippen LogP contribution in [0.3, 0.4) is 0 Å². The van der Waals surface area contributed by atoms with Crippen LogP contribution >= 0.6 is 11.6 Å². The maximum Gasteiger partial charge on any atom is 0.306 e. The van der Waals surface area contributed by atoms with Gasteiger partial charge in [-0.25, -0.2) is 0 Å². The molecule has 5 rings (SSSR count). The van der Waals surface area contributed by atoms with Crippen molar-refractivity contribution in [3.63, 3.8) is 0 Å². The lowest BCUT2D eigenvalue weighted by Gasteiger charge is -2.43. The van der Waals surface area contributed by atoms with E-state index >= 15 is 0 Å². The summed E-state index contributed by atoms with van der Waals surface area (Å²) in [7, 11) is 3.23. The lowest BCUT2D eigenvalue weighted by molar-refractivity contribution is -0.158. The van der Waals surface area contributed by atoms with Gasteiger partial charge < -0.3 is 24.8 Å². The molecule has 0 aliphatic carbocycles. The summed E-state index contributed by atoms with van der Waals surface area (Å²) in [5, 5.41) is 0.320. The van der Waals surface area contributed by atoms with E-state index in [-0.39, 0.29) is 29.9 Å². The molecule has 3 atom stereocenters. The van der Waals surface area contributed by atoms with E-state index in [0.717, 1.165) is 77.8 Å². The average molecular weight is 536 g/mol. The molecule has 1 aromatic carbocycles. The van der Waals surface area contributed by atoms with Gasteiger partial charge in [-0.05, 0) is 76.2 Å². The fourth-order valence-corrected chi connectivity index (χ4v) is 6.48. The van der Waals surface area contributed by atoms with Gasteiger partial charge in [-0.2, -0.15) is 0 Å². The molecule has 0 spiro atoms. The van der Waals surface area contributed by atoms with E-state index in [4.69, 9.17) is 31.5 Å². The van der Waals surface area contributed by atoms with Crippen LogP contribution in [-0.4, -0.2) is 87.2 Å². The topological polar surface area (TPSA) is 94.3 Å². The number of esters is 1. The van der Waals surface area contributed by atoms with E-state index in [2.05, 4.69) is 9.80 Å². The molecule has 206 valence electrons. The van der Waals surface area contributed by atoms with Crippen molar-refractivity contribution in [3.05, 3.63) is 22.7 Å². The lowest BCUT2D eigenvalue weighted by Crippen LogP contribution is -2.51. The highest BCUT2D eigenvalue weighted by atomic mass is 35.5. The molecule has 2 N–H and O–H groups in total. The number of nitrogen functional groups attached to an aromatic ring is 1. The van der Waals surface area contributed by atoms with Gasteiger partial charge >= 0.3 is 5.97 Å². The fraction of sp³-hybridized carbons (Fsp3) is 0.714. The largest absolute Gasteiger partial charge is 0.496 e. The normalized spacial score (nSPS) is 27.7. The van der Waals surface area contributed by atoms with Crippen molar-refractivity contribution in [3.8, 4) is 5.75 Å². The molecular weight excluding hydrogens is 494 g/mol. The van der Waals surface area contributed by atoms with Crippen LogP contribution in [0.2, 0.25) is 5.02 Å². The van der Waals surface area contributed by atoms with Crippen LogP contribution in [0.5, 0.6) is 5.75 Å². The minimum absolute atomic E-state index is 0.0206. The number of halogens is 1. The number of ether oxygens (including phenoxy) is 3. The smallest absolute Gasteiger partial charge is 0.306 e. The zero-order chi connectivity index (χ0) is 26.4. The van der Waals surface area contributed by atoms with Crippen LogP contribution in [0.25, 0.3) is 0 Å². The number of rotatable bonds is 12. The van der Waals surface area contributed by atoms with Crippen LogP contribution in [0.15, 0.2) is 12.1 Å². The number of piperidine rings is 4. The Morgan fingerprint density at radius 2 is 1.81 bits per heavy atom. The molecule has 1 aromatic rings. The molecule has 0 radical (unpaired) electrons. The maximum atomic E-state index is 13.1. The second-order valence-electron chi connectivity index (χ2n) is 10.8. The summed E-state index contributed by atoms with van der Waals surface area (Å²) >= 11 is 6.33. The number of carbonyl (C=O) groups is 2. The standard InChI is InChI=1S/C28H42ClN3O5/c1-35-24-16-21(30)15-22(29)28(24)23(33)14-20-9-13-31(17-25(20)36-2)10-5-3-4-6-27(34)37-26-18-32-11-7-19(26)8-12-32/h15-16,19-20,25-26H,3-14,17-18,30H2,1-2H3/t20-,25-,26?/m0/s1. The van der Waals surface area contributed by atoms with E-state index in [1.165, 1.54) is 7.11 Å². The summed E-state index contributed by atoms with van der Waals surface area (Å²) in [5.41, 5.74) is 6.70. The minimum atomic E-state index is -0.0486. The third kappa shape index (κ3) is 7.37. The van der Waals surface area contributed by atoms with E-state index in [0.29, 0.717) is 40.8 Å². The summed E-state index contributed by atoms with van der Waals surface area (Å²) in [6, 6.07) is 3.22. The van der Waals surface area contributed by atoms with Gasteiger partial charge in [-0.3, -0.25) is 14.5 Å². The lowest BCUT2D eigenvalue weighted by atomic mass is 9.86. The van der Waals surface area contributed by atoms with Crippen molar-refractivity contribution in [2.45, 2.75) is 63.6 Å². The Bertz CT molecular complexity index is 937. The third-order valence-corrected chi connectivity index (χ3v) is 8.64. The van der Waals surface area contributed by atoms with Gasteiger partial charge in [0.15, 0.2) is 5.78 Å². The first-order valence-electron chi connectivity index (χ1n) is 13.7. The zero-order valence-electron chi connectivity index (χ0n) is 22.3. The number of Topliss-reactive ketones (excluding diaryl/α,β-unsaturated/α-hetero) is 1. The Labute approximate surface area is 225 Å². The third-order valence-electron chi connectivity index (χ3n) is 8.34. The Kier molecular flexibility index (Phi) is 10.1. The number of benzene rings is 1. The number of hydrogen-bond acceptors (Lipinski definition) is 8. The number of hydrogen-bond donors (Lipinski definition) is 1. The van der Waals surface area contributed by atoms with Crippen molar-refractivity contribution in [1.82, 2.24) is 9.80 Å². The summed E-state index contributed by atoms with van der Waals surface area (Å²) in [6.45, 7) is 5.91. The number of carbonyl (C=O) groups excluding carboxylic acids is 2. The van der Waals surface area contributed by atoms with Crippen molar-refractivity contribution in [1.29, 1.82) is 0 Å². The van der Waals surface area contributed by atoms with Gasteiger partial charge in [0.25, 0.3) is 0 Å². The van der Waals surface area contributed by atoms with Crippen molar-refractivity contribution in [2.24, 2.45) is 11.8 Å². The van der Waals surface area contributed by atoms with Crippen molar-refractivity contribution >= 4 is 29.0 Å². The van der Waals surface area contributed by atoms with Crippen LogP contribution in [-0.2, 0) is 14.3 Å². The molecule has 0 aromatic heterocycles. The average Bonchev–Trinajstić information content (AvgIpc) is 2.89. The monoisotopic (exact) mass is 535 g/mol. The Hall–Kier alpha value is -1.87. The van der Waals surface area contributed by atoms with Crippen LogP contribution in [0.4, 0.5) is 5.69 Å². The van der Waals surface area contributed by atoms with Gasteiger partial charge in [0.05, 0.1) is 23.8 Å². The quantitative estimate of drug-likeness (QED) is 0.185. The summed E-state index contributed by atoms with van der Waals surface area (Å²) < 4.78 is 16.9. The highest BCUT2D eigenvalue weighted by Gasteiger charge is 2.36. The first-order valence-corrected chi connectivity index (χ1v) is 14.1. The van der Waals surface area contributed by atoms with Gasteiger partial charge in [0.1, 0.15) is 11.9 Å². The van der Waals surface area contributed by atoms with Crippen molar-refractivity contribution in [2.75, 3.05) is 59.2 Å². The zero-order valence-corrected chi connectivity index (χ0v) is 23.0. The second kappa shape index (κ2) is 13.3. The van der Waals surface area contributed by atoms with Crippen molar-refractivity contribution < 1.29 is 23.8 Å². The number of anilines is 1. The Morgan fingerprint density at radius 3 is 2.49 bits per heavy atom. The Balaban J connectivity index is 1.15. The highest BCUT2D eigenvalue weighted by molar-refractivity contribution is 6.34. The predicted molar refractivity (Wildman–Crippen MR) is 144 cm³/mol. The number of likely N-dealkylation sites (tertiary alicyclic amines) is 1. The summed E-state index contributed by atoms with van der Waals surface area (Å²) in [6.07, 6.45) is 7.04. The molecule has 4 fully saturated rings. The molecule has 37 heavy (non-hydrogen) atoms. The summed E-state index contributed by atoms with van der Waals surface area (Å²) in [4.78, 5) is 30.2. The minimum Gasteiger partial charge on any atom is -0.496 e. The first-order chi connectivity index (χ1) is 17.9. The van der Waals surface area contributed by atoms with Crippen LogP contribution in [0.1, 0.15) is 61.7 Å². The molecule has 0 amide bonds. The fourth-order valence-electron chi connectivity index (χ4n) is 6.16. The molecule has 1 unspecified atom stereocenters. The molecule has 4 aliphatic heterocycles. The summed E-state index contributed by atoms with van der Waals surface area (Å²) in [5.74, 6) is 1.00. The first kappa shape index (κ1) is 28.1. The molecule has 9 heteroatoms. The van der Waals surface area contributed by atoms with E-state index in [1.54, 1.807) is 19.2 Å². The van der Waals surface area contributed by atoms with Crippen LogP contribution in [0, 0.1) is 11.8 Å². The molecule has 0 saturated carbocycles. The molecule has 4 aliphatic rings. The predicted octanol–water partition coefficient (Wildman–Crippen LogP) is 4.04. The molecular formula is C28H42ClN3O5. The van der Waals surface area contributed by atoms with Crippen LogP contribution < -0.4 is 10.5 Å². The van der Waals surface area contributed by atoms with Gasteiger partial charge in [0, 0.05) is 44.8 Å². The van der Waals surface area contributed by atoms with Gasteiger partial charge in [-0.15, -0.1) is 0 Å². The molecule has 4 saturated heterocycles. The number of methoxy groups -OCH3 is 2. The van der Waals surface area contributed by atoms with E-state index in [9.17, 15) is 9.59 Å². The van der Waals surface area contributed by atoms with E-state index < -0.39 is 0 Å². The SMILES string of the molecule is COc1cc(N)cc(Cl)c1C(=O)C[C@@H]1CCN(CCCCCC(=O)OC2CN3CCC2CC3)C[C@@H]1OC. The molecule has 8 nitrogen and oxygen atoms in total. The number of unbranched alkanes of at least 4 members (excludes halogenated alkanes) is 2. The Morgan fingerprint density at radius 1 is 1.03 bits per heavy atom. The number of nitrogens with two attached hydrogens (primary N) is 1. The van der Waals surface area contributed by atoms with Gasteiger partial charge in [-0.1, -0.05) is 18.0 Å². The number of fused-ring (bicyclic) bond motifs is 3. The van der Waals surface area contributed by atoms with E-state index in [1.807, 2.05) is 0 Å². The van der Waals surface area contributed by atoms with Gasteiger partial charge in [0.2, 0.25) is 0 Å². The second-order valence-corrected chi connectivity index (χ2v) is 11.2. The molecule has 2 bridgehead atoms.